The SMILES string of the molecule is CCOC(=O)C1=C(C)OC(N)=C(C#N)C1c1cc(Br)ccc1OCCCCC#N. The number of nitriles is 2. The molecular formula is C21H22BrN3O4. The standard InChI is InChI=1S/C21H22BrN3O4/c1-3-27-21(26)18-13(2)29-20(25)16(12-24)19(18)15-11-14(22)7-8-17(15)28-10-6-4-5-9-23/h7-8,11,19H,3-6,10,25H2,1-2H3. The summed E-state index contributed by atoms with van der Waals surface area (Å²) >= 11 is 3.44. The summed E-state index contributed by atoms with van der Waals surface area (Å²) in [6.45, 7) is 3.90. The normalized spacial score (nSPS) is 16.0. The molecule has 8 heteroatoms. The molecule has 1 unspecified atom stereocenters. The number of nitrogens with zero attached hydrogens (tertiary/aromatic N) is 2. The molecule has 2 rings (SSSR count). The van der Waals surface area contributed by atoms with Crippen molar-refractivity contribution in [2.75, 3.05) is 13.2 Å². The van der Waals surface area contributed by atoms with Crippen molar-refractivity contribution in [2.45, 2.75) is 39.0 Å². The van der Waals surface area contributed by atoms with Gasteiger partial charge in [-0.25, -0.2) is 4.79 Å². The smallest absolute Gasteiger partial charge is 0.338 e. The van der Waals surface area contributed by atoms with Gasteiger partial charge in [0.05, 0.1) is 30.8 Å². The fraction of sp³-hybridized carbons (Fsp3) is 0.381. The Kier molecular flexibility index (Phi) is 8.11. The number of hydrogen-bond donors (Lipinski definition) is 1. The van der Waals surface area contributed by atoms with Crippen molar-refractivity contribution in [1.29, 1.82) is 10.5 Å². The zero-order valence-corrected chi connectivity index (χ0v) is 17.9. The first-order valence-corrected chi connectivity index (χ1v) is 9.98. The molecule has 0 fully saturated rings. The zero-order chi connectivity index (χ0) is 21.4. The van der Waals surface area contributed by atoms with Crippen LogP contribution in [0.2, 0.25) is 0 Å². The highest BCUT2D eigenvalue weighted by atomic mass is 79.9. The van der Waals surface area contributed by atoms with Crippen molar-refractivity contribution >= 4 is 21.9 Å². The predicted molar refractivity (Wildman–Crippen MR) is 109 cm³/mol. The van der Waals surface area contributed by atoms with E-state index in [1.807, 2.05) is 6.07 Å². The lowest BCUT2D eigenvalue weighted by Gasteiger charge is -2.28. The van der Waals surface area contributed by atoms with E-state index in [9.17, 15) is 10.1 Å². The molecule has 29 heavy (non-hydrogen) atoms. The van der Waals surface area contributed by atoms with Crippen molar-refractivity contribution in [1.82, 2.24) is 0 Å². The van der Waals surface area contributed by atoms with Crippen LogP contribution >= 0.6 is 15.9 Å². The third kappa shape index (κ3) is 5.30. The minimum absolute atomic E-state index is 0.0528. The van der Waals surface area contributed by atoms with E-state index in [0.717, 1.165) is 10.9 Å². The van der Waals surface area contributed by atoms with E-state index in [4.69, 9.17) is 25.2 Å². The number of carbonyl (C=O) groups is 1. The van der Waals surface area contributed by atoms with E-state index < -0.39 is 11.9 Å². The molecule has 0 aromatic heterocycles. The lowest BCUT2D eigenvalue weighted by atomic mass is 9.82. The molecule has 0 saturated carbocycles. The monoisotopic (exact) mass is 459 g/mol. The number of carbonyl (C=O) groups excluding carboxylic acids is 1. The molecule has 1 aromatic carbocycles. The van der Waals surface area contributed by atoms with Gasteiger partial charge in [-0.1, -0.05) is 15.9 Å². The fourth-order valence-corrected chi connectivity index (χ4v) is 3.41. The van der Waals surface area contributed by atoms with Crippen molar-refractivity contribution in [2.24, 2.45) is 5.73 Å². The van der Waals surface area contributed by atoms with Crippen LogP contribution in [-0.2, 0) is 14.3 Å². The van der Waals surface area contributed by atoms with Gasteiger partial charge in [0, 0.05) is 16.5 Å². The second-order valence-electron chi connectivity index (χ2n) is 6.26. The summed E-state index contributed by atoms with van der Waals surface area (Å²) in [5.74, 6) is -0.602. The first kappa shape index (κ1) is 22.3. The van der Waals surface area contributed by atoms with Crippen molar-refractivity contribution in [3.63, 3.8) is 0 Å². The summed E-state index contributed by atoms with van der Waals surface area (Å²) in [4.78, 5) is 12.7. The maximum Gasteiger partial charge on any atom is 0.338 e. The Bertz CT molecular complexity index is 925. The minimum atomic E-state index is -0.778. The average Bonchev–Trinajstić information content (AvgIpc) is 2.68. The lowest BCUT2D eigenvalue weighted by molar-refractivity contribution is -0.139. The Morgan fingerprint density at radius 3 is 2.76 bits per heavy atom. The first-order chi connectivity index (χ1) is 13.9. The van der Waals surface area contributed by atoms with Gasteiger partial charge in [-0.3, -0.25) is 0 Å². The predicted octanol–water partition coefficient (Wildman–Crippen LogP) is 4.17. The highest BCUT2D eigenvalue weighted by molar-refractivity contribution is 9.10. The molecule has 1 aliphatic rings. The van der Waals surface area contributed by atoms with Gasteiger partial charge in [-0.05, 0) is 44.9 Å². The third-order valence-electron chi connectivity index (χ3n) is 4.32. The highest BCUT2D eigenvalue weighted by Gasteiger charge is 2.38. The Morgan fingerprint density at radius 1 is 1.34 bits per heavy atom. The number of benzene rings is 1. The number of rotatable bonds is 8. The Balaban J connectivity index is 2.50. The third-order valence-corrected chi connectivity index (χ3v) is 4.82. The van der Waals surface area contributed by atoms with Gasteiger partial charge in [-0.2, -0.15) is 10.5 Å². The summed E-state index contributed by atoms with van der Waals surface area (Å²) in [5.41, 5.74) is 6.88. The quantitative estimate of drug-likeness (QED) is 0.457. The van der Waals surface area contributed by atoms with E-state index in [2.05, 4.69) is 28.1 Å². The van der Waals surface area contributed by atoms with Crippen LogP contribution in [0.4, 0.5) is 0 Å². The molecule has 7 nitrogen and oxygen atoms in total. The second kappa shape index (κ2) is 10.5. The molecule has 0 saturated heterocycles. The number of nitrogens with two attached hydrogens (primary N) is 1. The molecule has 0 spiro atoms. The number of halogens is 1. The van der Waals surface area contributed by atoms with E-state index in [0.29, 0.717) is 30.8 Å². The molecule has 0 bridgehead atoms. The molecule has 1 aliphatic heterocycles. The average molecular weight is 460 g/mol. The van der Waals surface area contributed by atoms with Crippen LogP contribution in [-0.4, -0.2) is 19.2 Å². The largest absolute Gasteiger partial charge is 0.493 e. The maximum atomic E-state index is 12.7. The number of hydrogen-bond acceptors (Lipinski definition) is 7. The van der Waals surface area contributed by atoms with Gasteiger partial charge < -0.3 is 19.9 Å². The van der Waals surface area contributed by atoms with Gasteiger partial charge >= 0.3 is 5.97 Å². The summed E-state index contributed by atoms with van der Waals surface area (Å²) in [6.07, 6.45) is 1.89. The van der Waals surface area contributed by atoms with Gasteiger partial charge in [0.1, 0.15) is 23.2 Å². The van der Waals surface area contributed by atoms with Crippen LogP contribution in [0.15, 0.2) is 45.5 Å². The van der Waals surface area contributed by atoms with Crippen LogP contribution < -0.4 is 10.5 Å². The van der Waals surface area contributed by atoms with Gasteiger partial charge in [0.25, 0.3) is 0 Å². The summed E-state index contributed by atoms with van der Waals surface area (Å²) in [5, 5.41) is 18.4. The maximum absolute atomic E-state index is 12.7. The van der Waals surface area contributed by atoms with E-state index in [-0.39, 0.29) is 29.4 Å². The molecule has 1 heterocycles. The molecule has 1 aromatic rings. The van der Waals surface area contributed by atoms with Crippen LogP contribution in [0, 0.1) is 22.7 Å². The van der Waals surface area contributed by atoms with Crippen molar-refractivity contribution in [3.05, 3.63) is 51.0 Å². The molecule has 2 N–H and O–H groups in total. The van der Waals surface area contributed by atoms with Crippen LogP contribution in [0.25, 0.3) is 0 Å². The molecule has 0 radical (unpaired) electrons. The first-order valence-electron chi connectivity index (χ1n) is 9.19. The van der Waals surface area contributed by atoms with Crippen LogP contribution in [0.3, 0.4) is 0 Å². The Morgan fingerprint density at radius 2 is 2.10 bits per heavy atom. The number of ether oxygens (including phenoxy) is 3. The van der Waals surface area contributed by atoms with Gasteiger partial charge in [-0.15, -0.1) is 0 Å². The second-order valence-corrected chi connectivity index (χ2v) is 7.18. The number of allylic oxidation sites excluding steroid dienone is 2. The molecule has 0 aliphatic carbocycles. The van der Waals surface area contributed by atoms with Crippen LogP contribution in [0.5, 0.6) is 5.75 Å². The van der Waals surface area contributed by atoms with E-state index in [1.54, 1.807) is 26.0 Å². The van der Waals surface area contributed by atoms with Gasteiger partial charge in [0.2, 0.25) is 5.88 Å². The van der Waals surface area contributed by atoms with Crippen molar-refractivity contribution < 1.29 is 19.0 Å². The zero-order valence-electron chi connectivity index (χ0n) is 16.3. The van der Waals surface area contributed by atoms with E-state index >= 15 is 0 Å². The molecule has 0 amide bonds. The summed E-state index contributed by atoms with van der Waals surface area (Å²) in [7, 11) is 0. The summed E-state index contributed by atoms with van der Waals surface area (Å²) in [6, 6.07) is 9.53. The van der Waals surface area contributed by atoms with E-state index in [1.165, 1.54) is 0 Å². The Hall–Kier alpha value is -2.97. The molecular weight excluding hydrogens is 438 g/mol. The minimum Gasteiger partial charge on any atom is -0.493 e. The fourth-order valence-electron chi connectivity index (χ4n) is 3.03. The topological polar surface area (TPSA) is 118 Å². The Labute approximate surface area is 178 Å². The summed E-state index contributed by atoms with van der Waals surface area (Å²) < 4.78 is 17.3. The molecule has 152 valence electrons. The molecule has 1 atom stereocenters. The number of unbranched alkanes of at least 4 members (excludes halogenated alkanes) is 2. The number of esters is 1. The van der Waals surface area contributed by atoms with Gasteiger partial charge in [0.15, 0.2) is 0 Å². The van der Waals surface area contributed by atoms with Crippen LogP contribution in [0.1, 0.15) is 44.6 Å². The highest BCUT2D eigenvalue weighted by Crippen LogP contribution is 2.43. The van der Waals surface area contributed by atoms with Crippen molar-refractivity contribution in [3.8, 4) is 17.9 Å². The lowest BCUT2D eigenvalue weighted by Crippen LogP contribution is -2.26.